The number of aryl methyl sites for hydroxylation is 1. The first-order valence-corrected chi connectivity index (χ1v) is 7.85. The van der Waals surface area contributed by atoms with E-state index in [1.54, 1.807) is 19.2 Å². The Morgan fingerprint density at radius 3 is 2.92 bits per heavy atom. The summed E-state index contributed by atoms with van der Waals surface area (Å²) in [5.41, 5.74) is 0.926. The highest BCUT2D eigenvalue weighted by atomic mass is 32.1. The first kappa shape index (κ1) is 17.5. The minimum Gasteiger partial charge on any atom is -0.466 e. The maximum absolute atomic E-state index is 12.0. The molecule has 0 aliphatic heterocycles. The number of nitrogens with one attached hydrogen (secondary N) is 1. The zero-order valence-electron chi connectivity index (χ0n) is 13.0. The van der Waals surface area contributed by atoms with Crippen LogP contribution in [0.2, 0.25) is 0 Å². The lowest BCUT2D eigenvalue weighted by Crippen LogP contribution is -2.20. The number of hydrogen-bond acceptors (Lipinski definition) is 8. The van der Waals surface area contributed by atoms with Crippen molar-refractivity contribution in [1.82, 2.24) is 14.8 Å². The molecule has 1 amide bonds. The monoisotopic (exact) mass is 353 g/mol. The van der Waals surface area contributed by atoms with Gasteiger partial charge in [-0.05, 0) is 18.8 Å². The van der Waals surface area contributed by atoms with Crippen molar-refractivity contribution in [3.8, 4) is 0 Å². The van der Waals surface area contributed by atoms with Gasteiger partial charge in [0.15, 0.2) is 11.7 Å². The summed E-state index contributed by atoms with van der Waals surface area (Å²) in [6.07, 6.45) is 0.0179. The molecule has 0 aromatic carbocycles. The van der Waals surface area contributed by atoms with Crippen LogP contribution in [-0.4, -0.2) is 38.2 Å². The van der Waals surface area contributed by atoms with Gasteiger partial charge in [0.1, 0.15) is 0 Å². The van der Waals surface area contributed by atoms with E-state index in [9.17, 15) is 19.7 Å². The van der Waals surface area contributed by atoms with Crippen LogP contribution in [-0.2, 0) is 27.3 Å². The van der Waals surface area contributed by atoms with Crippen molar-refractivity contribution in [3.05, 3.63) is 32.9 Å². The van der Waals surface area contributed by atoms with Gasteiger partial charge in [0.25, 0.3) is 5.91 Å². The summed E-state index contributed by atoms with van der Waals surface area (Å²) < 4.78 is 5.83. The molecule has 0 atom stereocenters. The predicted molar refractivity (Wildman–Crippen MR) is 84.7 cm³/mol. The average molecular weight is 353 g/mol. The Balaban J connectivity index is 1.97. The number of ether oxygens (including phenoxy) is 1. The third-order valence-electron chi connectivity index (χ3n) is 2.79. The standard InChI is InChI=1S/C13H15N5O5S/c1-3-23-12(20)5-9-7-24-13(14-9)15-10(19)6-17-11(18(21)22)4-8(2)16-17/h4,7H,3,5-6H2,1-2H3,(H,14,15,19). The van der Waals surface area contributed by atoms with Gasteiger partial charge in [-0.15, -0.1) is 16.0 Å². The number of nitrogens with zero attached hydrogens (tertiary/aromatic N) is 4. The van der Waals surface area contributed by atoms with Gasteiger partial charge in [-0.1, -0.05) is 5.10 Å². The van der Waals surface area contributed by atoms with Crippen molar-refractivity contribution >= 4 is 34.2 Å². The molecule has 11 heteroatoms. The summed E-state index contributed by atoms with van der Waals surface area (Å²) in [6, 6.07) is 1.29. The van der Waals surface area contributed by atoms with Crippen LogP contribution in [0, 0.1) is 17.0 Å². The third kappa shape index (κ3) is 4.59. The molecule has 2 heterocycles. The molecular formula is C13H15N5O5S. The molecule has 0 saturated heterocycles. The van der Waals surface area contributed by atoms with Gasteiger partial charge in [-0.25, -0.2) is 4.98 Å². The van der Waals surface area contributed by atoms with Crippen molar-refractivity contribution in [2.24, 2.45) is 0 Å². The average Bonchev–Trinajstić information content (AvgIpc) is 3.05. The molecule has 2 rings (SSSR count). The van der Waals surface area contributed by atoms with Crippen LogP contribution in [0.15, 0.2) is 11.4 Å². The number of carbonyl (C=O) groups is 2. The molecule has 128 valence electrons. The van der Waals surface area contributed by atoms with Gasteiger partial charge >= 0.3 is 11.8 Å². The first-order valence-electron chi connectivity index (χ1n) is 6.97. The van der Waals surface area contributed by atoms with E-state index in [-0.39, 0.29) is 25.4 Å². The number of amides is 1. The number of thiazole rings is 1. The Bertz CT molecular complexity index is 769. The molecule has 0 saturated carbocycles. The molecule has 0 radical (unpaired) electrons. The van der Waals surface area contributed by atoms with Crippen molar-refractivity contribution < 1.29 is 19.2 Å². The van der Waals surface area contributed by atoms with E-state index >= 15 is 0 Å². The van der Waals surface area contributed by atoms with Crippen molar-refractivity contribution in [2.45, 2.75) is 26.8 Å². The van der Waals surface area contributed by atoms with E-state index < -0.39 is 16.8 Å². The molecule has 2 aromatic rings. The minimum absolute atomic E-state index is 0.0179. The maximum atomic E-state index is 12.0. The van der Waals surface area contributed by atoms with E-state index in [0.29, 0.717) is 16.5 Å². The Kier molecular flexibility index (Phi) is 5.58. The topological polar surface area (TPSA) is 129 Å². The molecule has 10 nitrogen and oxygen atoms in total. The number of anilines is 1. The van der Waals surface area contributed by atoms with E-state index in [2.05, 4.69) is 15.4 Å². The van der Waals surface area contributed by atoms with E-state index in [1.165, 1.54) is 6.07 Å². The summed E-state index contributed by atoms with van der Waals surface area (Å²) >= 11 is 1.15. The highest BCUT2D eigenvalue weighted by molar-refractivity contribution is 7.13. The Morgan fingerprint density at radius 2 is 2.25 bits per heavy atom. The largest absolute Gasteiger partial charge is 0.466 e. The molecule has 0 aliphatic rings. The van der Waals surface area contributed by atoms with Crippen LogP contribution in [0.3, 0.4) is 0 Å². The SMILES string of the molecule is CCOC(=O)Cc1csc(NC(=O)Cn2nc(C)cc2[N+](=O)[O-])n1. The Labute approximate surface area is 140 Å². The molecule has 0 fully saturated rings. The van der Waals surface area contributed by atoms with E-state index in [1.807, 2.05) is 0 Å². The van der Waals surface area contributed by atoms with Crippen molar-refractivity contribution in [2.75, 3.05) is 11.9 Å². The van der Waals surface area contributed by atoms with E-state index in [0.717, 1.165) is 16.0 Å². The van der Waals surface area contributed by atoms with Gasteiger partial charge in [0.05, 0.1) is 30.5 Å². The number of carbonyl (C=O) groups excluding carboxylic acids is 2. The zero-order valence-corrected chi connectivity index (χ0v) is 13.8. The van der Waals surface area contributed by atoms with Gasteiger partial charge in [-0.3, -0.25) is 14.9 Å². The van der Waals surface area contributed by atoms with Gasteiger partial charge < -0.3 is 14.9 Å². The fraction of sp³-hybridized carbons (Fsp3) is 0.385. The normalized spacial score (nSPS) is 10.4. The quantitative estimate of drug-likeness (QED) is 0.451. The summed E-state index contributed by atoms with van der Waals surface area (Å²) in [4.78, 5) is 37.7. The Morgan fingerprint density at radius 1 is 1.50 bits per heavy atom. The highest BCUT2D eigenvalue weighted by Crippen LogP contribution is 2.17. The minimum atomic E-state index is -0.603. The second kappa shape index (κ2) is 7.64. The van der Waals surface area contributed by atoms with Gasteiger partial charge in [0.2, 0.25) is 0 Å². The lowest BCUT2D eigenvalue weighted by molar-refractivity contribution is -0.392. The molecule has 2 aromatic heterocycles. The lowest BCUT2D eigenvalue weighted by atomic mass is 10.3. The summed E-state index contributed by atoms with van der Waals surface area (Å²) in [5.74, 6) is -1.16. The second-order valence-corrected chi connectivity index (χ2v) is 5.59. The fourth-order valence-corrected chi connectivity index (χ4v) is 2.62. The Hall–Kier alpha value is -2.82. The molecule has 0 aliphatic carbocycles. The summed E-state index contributed by atoms with van der Waals surface area (Å²) in [7, 11) is 0. The van der Waals surface area contributed by atoms with Crippen LogP contribution in [0.4, 0.5) is 10.9 Å². The number of rotatable bonds is 7. The summed E-state index contributed by atoms with van der Waals surface area (Å²) in [5, 5.41) is 19.3. The fourth-order valence-electron chi connectivity index (χ4n) is 1.90. The summed E-state index contributed by atoms with van der Waals surface area (Å²) in [6.45, 7) is 3.29. The number of esters is 1. The molecule has 0 bridgehead atoms. The van der Waals surface area contributed by atoms with Crippen molar-refractivity contribution in [1.29, 1.82) is 0 Å². The molecule has 1 N–H and O–H groups in total. The van der Waals surface area contributed by atoms with Crippen LogP contribution in [0.1, 0.15) is 18.3 Å². The molecular weight excluding hydrogens is 338 g/mol. The third-order valence-corrected chi connectivity index (χ3v) is 3.60. The number of aromatic nitrogens is 3. The predicted octanol–water partition coefficient (Wildman–Crippen LogP) is 1.30. The number of nitro groups is 1. The van der Waals surface area contributed by atoms with Crippen molar-refractivity contribution in [3.63, 3.8) is 0 Å². The smallest absolute Gasteiger partial charge is 0.345 e. The van der Waals surface area contributed by atoms with Gasteiger partial charge in [0, 0.05) is 5.38 Å². The second-order valence-electron chi connectivity index (χ2n) is 4.73. The van der Waals surface area contributed by atoms with Crippen LogP contribution in [0.25, 0.3) is 0 Å². The number of hydrogen-bond donors (Lipinski definition) is 1. The molecule has 0 unspecified atom stereocenters. The zero-order chi connectivity index (χ0) is 17.7. The van der Waals surface area contributed by atoms with Crippen LogP contribution < -0.4 is 5.32 Å². The highest BCUT2D eigenvalue weighted by Gasteiger charge is 2.20. The molecule has 0 spiro atoms. The van der Waals surface area contributed by atoms with E-state index in [4.69, 9.17) is 4.74 Å². The van der Waals surface area contributed by atoms with Gasteiger partial charge in [-0.2, -0.15) is 0 Å². The maximum Gasteiger partial charge on any atom is 0.345 e. The van der Waals surface area contributed by atoms with Crippen LogP contribution >= 0.6 is 11.3 Å². The first-order chi connectivity index (χ1) is 11.4. The molecule has 24 heavy (non-hydrogen) atoms. The lowest BCUT2D eigenvalue weighted by Gasteiger charge is -2.01. The van der Waals surface area contributed by atoms with Crippen LogP contribution in [0.5, 0.6) is 0 Å².